The van der Waals surface area contributed by atoms with E-state index < -0.39 is 5.97 Å². The third-order valence-corrected chi connectivity index (χ3v) is 4.76. The Labute approximate surface area is 143 Å². The molecule has 4 heteroatoms. The van der Waals surface area contributed by atoms with E-state index in [1.165, 1.54) is 5.57 Å². The van der Waals surface area contributed by atoms with Crippen LogP contribution in [0, 0.1) is 5.92 Å². The number of rotatable bonds is 1. The predicted octanol–water partition coefficient (Wildman–Crippen LogP) is 4.34. The Balaban J connectivity index is 2.23. The van der Waals surface area contributed by atoms with Crippen LogP contribution in [-0.4, -0.2) is 23.1 Å². The van der Waals surface area contributed by atoms with Crippen LogP contribution in [0.15, 0.2) is 47.1 Å². The van der Waals surface area contributed by atoms with Gasteiger partial charge in [-0.1, -0.05) is 29.9 Å². The molecule has 130 valence electrons. The van der Waals surface area contributed by atoms with Gasteiger partial charge in [0.25, 0.3) is 0 Å². The summed E-state index contributed by atoms with van der Waals surface area (Å²) in [5.74, 6) is -1.10. The fraction of sp³-hybridized carbons (Fsp3) is 0.500. The highest BCUT2D eigenvalue weighted by molar-refractivity contribution is 5.91. The Morgan fingerprint density at radius 3 is 2.58 bits per heavy atom. The second-order valence-corrected chi connectivity index (χ2v) is 6.72. The monoisotopic (exact) mass is 330 g/mol. The summed E-state index contributed by atoms with van der Waals surface area (Å²) in [5.41, 5.74) is 3.36. The molecular weight excluding hydrogens is 304 g/mol. The summed E-state index contributed by atoms with van der Waals surface area (Å²) in [7, 11) is 0. The number of fused-ring (bicyclic) bond motifs is 1. The maximum atomic E-state index is 11.8. The Morgan fingerprint density at radius 2 is 1.88 bits per heavy atom. The fourth-order valence-electron chi connectivity index (χ4n) is 3.21. The first-order chi connectivity index (χ1) is 11.4. The zero-order chi connectivity index (χ0) is 17.7. The number of esters is 1. The second kappa shape index (κ2) is 8.13. The van der Waals surface area contributed by atoms with Gasteiger partial charge < -0.3 is 9.84 Å². The van der Waals surface area contributed by atoms with E-state index in [9.17, 15) is 14.7 Å². The van der Waals surface area contributed by atoms with Gasteiger partial charge in [0.1, 0.15) is 6.10 Å². The number of hydrogen-bond acceptors (Lipinski definition) is 3. The van der Waals surface area contributed by atoms with Crippen molar-refractivity contribution >= 4 is 11.9 Å². The Morgan fingerprint density at radius 1 is 1.17 bits per heavy atom. The molecule has 1 N–H and O–H groups in total. The van der Waals surface area contributed by atoms with Crippen LogP contribution in [0.2, 0.25) is 0 Å². The van der Waals surface area contributed by atoms with Gasteiger partial charge in [-0.2, -0.15) is 0 Å². The fourth-order valence-corrected chi connectivity index (χ4v) is 3.21. The first kappa shape index (κ1) is 18.2. The van der Waals surface area contributed by atoms with Gasteiger partial charge in [-0.3, -0.25) is 0 Å². The van der Waals surface area contributed by atoms with Crippen LogP contribution in [-0.2, 0) is 14.3 Å². The van der Waals surface area contributed by atoms with Gasteiger partial charge in [-0.25, -0.2) is 9.59 Å². The van der Waals surface area contributed by atoms with E-state index in [0.717, 1.165) is 31.3 Å². The zero-order valence-corrected chi connectivity index (χ0v) is 14.5. The number of aliphatic carboxylic acids is 1. The molecule has 2 atom stereocenters. The molecule has 0 aromatic heterocycles. The smallest absolute Gasteiger partial charge is 0.334 e. The van der Waals surface area contributed by atoms with Crippen LogP contribution in [0.25, 0.3) is 0 Å². The van der Waals surface area contributed by atoms with Crippen molar-refractivity contribution in [2.24, 2.45) is 5.92 Å². The van der Waals surface area contributed by atoms with Crippen LogP contribution in [0.5, 0.6) is 0 Å². The third-order valence-electron chi connectivity index (χ3n) is 4.76. The predicted molar refractivity (Wildman–Crippen MR) is 93.4 cm³/mol. The van der Waals surface area contributed by atoms with Crippen molar-refractivity contribution in [3.8, 4) is 0 Å². The highest BCUT2D eigenvalue weighted by atomic mass is 16.5. The van der Waals surface area contributed by atoms with E-state index in [2.05, 4.69) is 12.7 Å². The molecule has 0 amide bonds. The molecule has 0 bridgehead atoms. The zero-order valence-electron chi connectivity index (χ0n) is 14.5. The number of carboxylic acid groups (broad SMARTS) is 1. The largest absolute Gasteiger partial charge is 0.478 e. The Bertz CT molecular complexity index is 622. The number of carbonyl (C=O) groups excluding carboxylic acids is 1. The van der Waals surface area contributed by atoms with E-state index in [-0.39, 0.29) is 18.0 Å². The average molecular weight is 330 g/mol. The normalized spacial score (nSPS) is 26.5. The van der Waals surface area contributed by atoms with Crippen molar-refractivity contribution < 1.29 is 19.4 Å². The summed E-state index contributed by atoms with van der Waals surface area (Å²) in [4.78, 5) is 23.2. The SMILES string of the molecule is C=C1C(=O)O[C@@H]2C=C(C)CCC=C(C(=O)O)CCC=C(C)CCC12. The number of carbonyl (C=O) groups is 2. The molecule has 0 radical (unpaired) electrons. The summed E-state index contributed by atoms with van der Waals surface area (Å²) in [6, 6.07) is 0. The second-order valence-electron chi connectivity index (χ2n) is 6.72. The lowest BCUT2D eigenvalue weighted by Gasteiger charge is -2.16. The summed E-state index contributed by atoms with van der Waals surface area (Å²) in [6.07, 6.45) is 10.1. The minimum Gasteiger partial charge on any atom is -0.478 e. The Kier molecular flexibility index (Phi) is 6.18. The van der Waals surface area contributed by atoms with Crippen LogP contribution in [0.3, 0.4) is 0 Å². The van der Waals surface area contributed by atoms with Gasteiger partial charge in [0.05, 0.1) is 0 Å². The summed E-state index contributed by atoms with van der Waals surface area (Å²) >= 11 is 0. The Hall–Kier alpha value is -2.10. The quantitative estimate of drug-likeness (QED) is 0.441. The van der Waals surface area contributed by atoms with Gasteiger partial charge in [0, 0.05) is 17.1 Å². The van der Waals surface area contributed by atoms with Crippen molar-refractivity contribution in [2.45, 2.75) is 58.5 Å². The maximum Gasteiger partial charge on any atom is 0.334 e. The molecule has 1 fully saturated rings. The van der Waals surface area contributed by atoms with Gasteiger partial charge in [-0.05, 0) is 58.4 Å². The molecule has 24 heavy (non-hydrogen) atoms. The molecule has 1 heterocycles. The highest BCUT2D eigenvalue weighted by Gasteiger charge is 2.36. The van der Waals surface area contributed by atoms with E-state index in [4.69, 9.17) is 4.74 Å². The average Bonchev–Trinajstić information content (AvgIpc) is 2.77. The number of carboxylic acids is 1. The molecule has 1 aliphatic heterocycles. The standard InChI is InChI=1S/C20H26O4/c1-13-6-4-8-16(19(21)22)9-5-7-14(2)12-18-17(11-10-13)15(3)20(23)24-18/h6,9,12,17-18H,3-5,7-8,10-11H2,1-2H3,(H,21,22)/t17?,18-/m1/s1. The molecule has 4 nitrogen and oxygen atoms in total. The van der Waals surface area contributed by atoms with Crippen LogP contribution >= 0.6 is 0 Å². The van der Waals surface area contributed by atoms with Crippen LogP contribution < -0.4 is 0 Å². The molecule has 2 rings (SSSR count). The van der Waals surface area contributed by atoms with Crippen molar-refractivity contribution in [3.63, 3.8) is 0 Å². The first-order valence-electron chi connectivity index (χ1n) is 8.53. The minimum atomic E-state index is -0.837. The molecule has 1 unspecified atom stereocenters. The van der Waals surface area contributed by atoms with E-state index >= 15 is 0 Å². The lowest BCUT2D eigenvalue weighted by molar-refractivity contribution is -0.137. The molecule has 1 saturated heterocycles. The van der Waals surface area contributed by atoms with Crippen molar-refractivity contribution in [1.82, 2.24) is 0 Å². The topological polar surface area (TPSA) is 63.6 Å². The molecular formula is C20H26O4. The van der Waals surface area contributed by atoms with Gasteiger partial charge in [0.2, 0.25) is 0 Å². The molecule has 0 saturated carbocycles. The van der Waals surface area contributed by atoms with Crippen molar-refractivity contribution in [1.29, 1.82) is 0 Å². The van der Waals surface area contributed by atoms with Crippen molar-refractivity contribution in [2.75, 3.05) is 0 Å². The van der Waals surface area contributed by atoms with Gasteiger partial charge in [0.15, 0.2) is 0 Å². The minimum absolute atomic E-state index is 0.0314. The molecule has 0 spiro atoms. The van der Waals surface area contributed by atoms with Gasteiger partial charge in [-0.15, -0.1) is 0 Å². The van der Waals surface area contributed by atoms with E-state index in [1.54, 1.807) is 0 Å². The maximum absolute atomic E-state index is 11.8. The summed E-state index contributed by atoms with van der Waals surface area (Å²) < 4.78 is 5.46. The molecule has 1 aliphatic carbocycles. The third kappa shape index (κ3) is 4.70. The highest BCUT2D eigenvalue weighted by Crippen LogP contribution is 2.33. The molecule has 2 aliphatic rings. The van der Waals surface area contributed by atoms with Crippen molar-refractivity contribution in [3.05, 3.63) is 47.1 Å². The van der Waals surface area contributed by atoms with Crippen LogP contribution in [0.4, 0.5) is 0 Å². The first-order valence-corrected chi connectivity index (χ1v) is 8.53. The molecule has 0 aromatic rings. The van der Waals surface area contributed by atoms with Crippen LogP contribution in [0.1, 0.15) is 52.4 Å². The molecule has 0 aromatic carbocycles. The summed E-state index contributed by atoms with van der Waals surface area (Å²) in [5, 5.41) is 9.29. The number of ether oxygens (including phenoxy) is 1. The number of allylic oxidation sites excluding steroid dienone is 4. The number of hydrogen-bond donors (Lipinski definition) is 1. The lowest BCUT2D eigenvalue weighted by atomic mass is 9.89. The summed E-state index contributed by atoms with van der Waals surface area (Å²) in [6.45, 7) is 7.95. The van der Waals surface area contributed by atoms with Gasteiger partial charge >= 0.3 is 11.9 Å². The van der Waals surface area contributed by atoms with E-state index in [0.29, 0.717) is 24.0 Å². The lowest BCUT2D eigenvalue weighted by Crippen LogP contribution is -2.15. The van der Waals surface area contributed by atoms with E-state index in [1.807, 2.05) is 26.0 Å².